The first-order valence-corrected chi connectivity index (χ1v) is 9.98. The molecular formula is C20H17F3O5S. The monoisotopic (exact) mass is 426 g/mol. The highest BCUT2D eigenvalue weighted by atomic mass is 32.2. The summed E-state index contributed by atoms with van der Waals surface area (Å²) in [6.07, 6.45) is -6.91. The van der Waals surface area contributed by atoms with Crippen molar-refractivity contribution < 1.29 is 35.9 Å². The van der Waals surface area contributed by atoms with Gasteiger partial charge in [0.15, 0.2) is 0 Å². The standard InChI is InChI=1S/C20H17F3O5S/c1-12-8-10-14(11-9-12)29(25,26)17-15(13-6-4-3-5-7-13)16(19(24)27-2)28-18(17)20(21,22)23/h3-11,15-16H,1-2H3/t15-,16+/m1/s1. The van der Waals surface area contributed by atoms with E-state index in [0.29, 0.717) is 0 Å². The average molecular weight is 426 g/mol. The third-order valence-electron chi connectivity index (χ3n) is 4.52. The van der Waals surface area contributed by atoms with Crippen LogP contribution in [0.3, 0.4) is 0 Å². The number of sulfone groups is 1. The van der Waals surface area contributed by atoms with Gasteiger partial charge in [-0.2, -0.15) is 13.2 Å². The van der Waals surface area contributed by atoms with Gasteiger partial charge < -0.3 is 9.47 Å². The third kappa shape index (κ3) is 3.87. The molecular weight excluding hydrogens is 409 g/mol. The normalized spacial score (nSPS) is 19.8. The van der Waals surface area contributed by atoms with Gasteiger partial charge in [0.2, 0.25) is 21.7 Å². The summed E-state index contributed by atoms with van der Waals surface area (Å²) in [7, 11) is -3.64. The van der Waals surface area contributed by atoms with Gasteiger partial charge in [0.05, 0.1) is 17.9 Å². The van der Waals surface area contributed by atoms with Gasteiger partial charge in [-0.3, -0.25) is 0 Å². The molecule has 0 spiro atoms. The molecule has 0 bridgehead atoms. The minimum Gasteiger partial charge on any atom is -0.472 e. The maximum Gasteiger partial charge on any atom is 0.450 e. The van der Waals surface area contributed by atoms with Crippen molar-refractivity contribution in [3.63, 3.8) is 0 Å². The fourth-order valence-electron chi connectivity index (χ4n) is 3.16. The summed E-state index contributed by atoms with van der Waals surface area (Å²) in [5, 5.41) is 0. The van der Waals surface area contributed by atoms with Crippen molar-refractivity contribution in [2.45, 2.75) is 30.0 Å². The summed E-state index contributed by atoms with van der Waals surface area (Å²) in [4.78, 5) is 10.9. The van der Waals surface area contributed by atoms with E-state index in [1.54, 1.807) is 13.0 Å². The molecule has 5 nitrogen and oxygen atoms in total. The molecule has 0 saturated carbocycles. The largest absolute Gasteiger partial charge is 0.472 e. The Bertz CT molecular complexity index is 1040. The molecule has 0 fully saturated rings. The smallest absolute Gasteiger partial charge is 0.450 e. The molecule has 0 aromatic heterocycles. The van der Waals surface area contributed by atoms with E-state index in [4.69, 9.17) is 4.74 Å². The molecule has 0 unspecified atom stereocenters. The number of carbonyl (C=O) groups is 1. The first-order valence-electron chi connectivity index (χ1n) is 8.50. The van der Waals surface area contributed by atoms with Gasteiger partial charge in [-0.15, -0.1) is 0 Å². The lowest BCUT2D eigenvalue weighted by Gasteiger charge is -2.19. The van der Waals surface area contributed by atoms with Gasteiger partial charge >= 0.3 is 12.1 Å². The van der Waals surface area contributed by atoms with E-state index in [0.717, 1.165) is 12.7 Å². The minimum absolute atomic E-state index is 0.188. The van der Waals surface area contributed by atoms with Gasteiger partial charge in [-0.25, -0.2) is 13.2 Å². The van der Waals surface area contributed by atoms with E-state index in [1.807, 2.05) is 0 Å². The number of aryl methyl sites for hydroxylation is 1. The van der Waals surface area contributed by atoms with Gasteiger partial charge in [-0.1, -0.05) is 48.0 Å². The van der Waals surface area contributed by atoms with Crippen molar-refractivity contribution in [2.24, 2.45) is 0 Å². The first-order chi connectivity index (χ1) is 13.6. The second kappa shape index (κ2) is 7.55. The molecule has 3 rings (SSSR count). The van der Waals surface area contributed by atoms with E-state index in [9.17, 15) is 26.4 Å². The van der Waals surface area contributed by atoms with Gasteiger partial charge in [0.1, 0.15) is 4.91 Å². The number of hydrogen-bond donors (Lipinski definition) is 0. The summed E-state index contributed by atoms with van der Waals surface area (Å²) in [5.74, 6) is -4.32. The molecule has 0 radical (unpaired) electrons. The van der Waals surface area contributed by atoms with Gasteiger partial charge in [0.25, 0.3) is 0 Å². The molecule has 0 N–H and O–H groups in total. The fourth-order valence-corrected chi connectivity index (χ4v) is 4.91. The third-order valence-corrected chi connectivity index (χ3v) is 6.44. The van der Waals surface area contributed by atoms with Crippen LogP contribution in [0.25, 0.3) is 0 Å². The topological polar surface area (TPSA) is 69.7 Å². The maximum absolute atomic E-state index is 13.8. The highest BCUT2D eigenvalue weighted by molar-refractivity contribution is 7.95. The van der Waals surface area contributed by atoms with E-state index >= 15 is 0 Å². The Kier molecular flexibility index (Phi) is 5.44. The second-order valence-electron chi connectivity index (χ2n) is 6.46. The summed E-state index contributed by atoms with van der Waals surface area (Å²) in [5.41, 5.74) is 0.927. The number of halogens is 3. The summed E-state index contributed by atoms with van der Waals surface area (Å²) < 4.78 is 77.2. The number of allylic oxidation sites excluding steroid dienone is 1. The molecule has 2 aromatic carbocycles. The first kappa shape index (κ1) is 20.9. The highest BCUT2D eigenvalue weighted by Crippen LogP contribution is 2.49. The van der Waals surface area contributed by atoms with Crippen molar-refractivity contribution in [3.05, 3.63) is 76.4 Å². The summed E-state index contributed by atoms with van der Waals surface area (Å²) in [6, 6.07) is 13.0. The molecule has 1 aliphatic heterocycles. The SMILES string of the molecule is COC(=O)[C@H]1OC(C(F)(F)F)=C(S(=O)(=O)c2ccc(C)cc2)[C@@H]1c1ccccc1. The summed E-state index contributed by atoms with van der Waals surface area (Å²) in [6.45, 7) is 1.72. The maximum atomic E-state index is 13.8. The number of ether oxygens (including phenoxy) is 2. The number of rotatable bonds is 4. The van der Waals surface area contributed by atoms with Crippen LogP contribution in [0.2, 0.25) is 0 Å². The van der Waals surface area contributed by atoms with E-state index in [1.165, 1.54) is 48.5 Å². The molecule has 29 heavy (non-hydrogen) atoms. The number of methoxy groups -OCH3 is 1. The predicted molar refractivity (Wildman–Crippen MR) is 97.5 cm³/mol. The van der Waals surface area contributed by atoms with Crippen LogP contribution in [-0.4, -0.2) is 33.8 Å². The number of hydrogen-bond acceptors (Lipinski definition) is 5. The van der Waals surface area contributed by atoms with E-state index in [-0.39, 0.29) is 10.5 Å². The molecule has 0 saturated heterocycles. The molecule has 9 heteroatoms. The zero-order valence-electron chi connectivity index (χ0n) is 15.4. The molecule has 1 aliphatic rings. The lowest BCUT2D eigenvalue weighted by Crippen LogP contribution is -2.30. The fraction of sp³-hybridized carbons (Fsp3) is 0.250. The lowest BCUT2D eigenvalue weighted by atomic mass is 9.94. The molecule has 0 aliphatic carbocycles. The Morgan fingerprint density at radius 3 is 2.14 bits per heavy atom. The minimum atomic E-state index is -5.12. The zero-order chi connectivity index (χ0) is 21.4. The van der Waals surface area contributed by atoms with Crippen molar-refractivity contribution in [1.82, 2.24) is 0 Å². The lowest BCUT2D eigenvalue weighted by molar-refractivity contribution is -0.161. The van der Waals surface area contributed by atoms with Gasteiger partial charge in [0, 0.05) is 0 Å². The Labute approximate surface area is 165 Å². The molecule has 2 aromatic rings. The zero-order valence-corrected chi connectivity index (χ0v) is 16.3. The number of esters is 1. The number of carbonyl (C=O) groups excluding carboxylic acids is 1. The van der Waals surface area contributed by atoms with Gasteiger partial charge in [-0.05, 0) is 24.6 Å². The Morgan fingerprint density at radius 2 is 1.62 bits per heavy atom. The predicted octanol–water partition coefficient (Wildman–Crippen LogP) is 3.90. The van der Waals surface area contributed by atoms with E-state index in [2.05, 4.69) is 4.74 Å². The van der Waals surface area contributed by atoms with Crippen LogP contribution in [0.4, 0.5) is 13.2 Å². The van der Waals surface area contributed by atoms with Crippen LogP contribution in [0.1, 0.15) is 17.0 Å². The molecule has 0 amide bonds. The van der Waals surface area contributed by atoms with Crippen LogP contribution in [0, 0.1) is 6.92 Å². The quantitative estimate of drug-likeness (QED) is 0.694. The Morgan fingerprint density at radius 1 is 1.03 bits per heavy atom. The number of benzene rings is 2. The van der Waals surface area contributed by atoms with Crippen molar-refractivity contribution in [3.8, 4) is 0 Å². The van der Waals surface area contributed by atoms with E-state index < -0.39 is 44.7 Å². The second-order valence-corrected chi connectivity index (χ2v) is 8.38. The van der Waals surface area contributed by atoms with Crippen molar-refractivity contribution in [1.29, 1.82) is 0 Å². The van der Waals surface area contributed by atoms with Crippen molar-refractivity contribution >= 4 is 15.8 Å². The average Bonchev–Trinajstić information content (AvgIpc) is 3.10. The van der Waals surface area contributed by atoms with Crippen molar-refractivity contribution in [2.75, 3.05) is 7.11 Å². The highest BCUT2D eigenvalue weighted by Gasteiger charge is 2.56. The molecule has 154 valence electrons. The van der Waals surface area contributed by atoms with Crippen LogP contribution in [0.5, 0.6) is 0 Å². The van der Waals surface area contributed by atoms with Crippen LogP contribution in [0.15, 0.2) is 70.2 Å². The number of alkyl halides is 3. The Balaban J connectivity index is 2.29. The van der Waals surface area contributed by atoms with Crippen LogP contribution in [-0.2, 0) is 24.1 Å². The Hall–Kier alpha value is -2.81. The summed E-state index contributed by atoms with van der Waals surface area (Å²) >= 11 is 0. The molecule has 1 heterocycles. The van der Waals surface area contributed by atoms with Crippen LogP contribution >= 0.6 is 0 Å². The van der Waals surface area contributed by atoms with Crippen LogP contribution < -0.4 is 0 Å². The molecule has 2 atom stereocenters.